The molecule has 0 amide bonds. The Morgan fingerprint density at radius 2 is 1.90 bits per heavy atom. The lowest BCUT2D eigenvalue weighted by Gasteiger charge is -2.34. The highest BCUT2D eigenvalue weighted by molar-refractivity contribution is 5.90. The first-order valence-corrected chi connectivity index (χ1v) is 7.76. The van der Waals surface area contributed by atoms with Crippen molar-refractivity contribution >= 4 is 11.8 Å². The molecule has 3 heteroatoms. The summed E-state index contributed by atoms with van der Waals surface area (Å²) in [4.78, 5) is 24.5. The number of rotatable bonds is 4. The molecule has 1 aromatic carbocycles. The highest BCUT2D eigenvalue weighted by Crippen LogP contribution is 2.34. The third kappa shape index (κ3) is 3.72. The summed E-state index contributed by atoms with van der Waals surface area (Å²) in [5, 5.41) is 0. The molecule has 3 atom stereocenters. The fraction of sp³-hybridized carbons (Fsp3) is 0.556. The van der Waals surface area contributed by atoms with Crippen LogP contribution in [-0.4, -0.2) is 18.4 Å². The number of benzene rings is 1. The van der Waals surface area contributed by atoms with E-state index in [9.17, 15) is 9.59 Å². The molecule has 0 N–H and O–H groups in total. The van der Waals surface area contributed by atoms with Gasteiger partial charge in [0.05, 0.1) is 11.5 Å². The summed E-state index contributed by atoms with van der Waals surface area (Å²) in [5.74, 6) is 0.528. The van der Waals surface area contributed by atoms with Crippen molar-refractivity contribution in [3.05, 3.63) is 35.9 Å². The van der Waals surface area contributed by atoms with E-state index in [1.807, 2.05) is 6.07 Å². The SMILES string of the molecule is CC(C)C1CCC(C)C(COC(=O)c2ccccc2)C1=O. The van der Waals surface area contributed by atoms with Crippen molar-refractivity contribution in [2.45, 2.75) is 33.6 Å². The van der Waals surface area contributed by atoms with Crippen molar-refractivity contribution in [1.82, 2.24) is 0 Å². The number of hydrogen-bond donors (Lipinski definition) is 0. The van der Waals surface area contributed by atoms with Crippen LogP contribution in [-0.2, 0) is 9.53 Å². The Bertz CT molecular complexity index is 492. The lowest BCUT2D eigenvalue weighted by atomic mass is 9.70. The predicted octanol–water partition coefficient (Wildman–Crippen LogP) is 3.73. The molecule has 3 nitrogen and oxygen atoms in total. The Labute approximate surface area is 126 Å². The van der Waals surface area contributed by atoms with Gasteiger partial charge in [0.1, 0.15) is 12.4 Å². The smallest absolute Gasteiger partial charge is 0.338 e. The zero-order valence-electron chi connectivity index (χ0n) is 13.0. The first kappa shape index (κ1) is 15.7. The van der Waals surface area contributed by atoms with Crippen LogP contribution in [0.15, 0.2) is 30.3 Å². The van der Waals surface area contributed by atoms with E-state index in [1.54, 1.807) is 24.3 Å². The van der Waals surface area contributed by atoms with Gasteiger partial charge in [0.2, 0.25) is 0 Å². The van der Waals surface area contributed by atoms with E-state index in [4.69, 9.17) is 4.74 Å². The minimum absolute atomic E-state index is 0.113. The molecule has 0 bridgehead atoms. The third-order valence-corrected chi connectivity index (χ3v) is 4.56. The molecular formula is C18H24O3. The summed E-state index contributed by atoms with van der Waals surface area (Å²) in [6.45, 7) is 6.46. The van der Waals surface area contributed by atoms with Gasteiger partial charge in [-0.1, -0.05) is 39.0 Å². The van der Waals surface area contributed by atoms with Gasteiger partial charge in [0.25, 0.3) is 0 Å². The minimum Gasteiger partial charge on any atom is -0.461 e. The molecule has 1 fully saturated rings. The molecular weight excluding hydrogens is 264 g/mol. The van der Waals surface area contributed by atoms with E-state index < -0.39 is 0 Å². The average molecular weight is 288 g/mol. The third-order valence-electron chi connectivity index (χ3n) is 4.56. The van der Waals surface area contributed by atoms with Crippen LogP contribution in [0.4, 0.5) is 0 Å². The Balaban J connectivity index is 1.97. The molecule has 0 aliphatic heterocycles. The zero-order chi connectivity index (χ0) is 15.4. The number of ether oxygens (including phenoxy) is 1. The van der Waals surface area contributed by atoms with E-state index >= 15 is 0 Å². The molecule has 1 aliphatic carbocycles. The van der Waals surface area contributed by atoms with Gasteiger partial charge in [0, 0.05) is 5.92 Å². The summed E-state index contributed by atoms with van der Waals surface area (Å²) >= 11 is 0. The van der Waals surface area contributed by atoms with E-state index in [-0.39, 0.29) is 36.1 Å². The summed E-state index contributed by atoms with van der Waals surface area (Å²) in [7, 11) is 0. The Morgan fingerprint density at radius 3 is 2.52 bits per heavy atom. The van der Waals surface area contributed by atoms with Crippen LogP contribution >= 0.6 is 0 Å². The first-order chi connectivity index (χ1) is 10.0. The van der Waals surface area contributed by atoms with E-state index in [1.165, 1.54) is 0 Å². The number of hydrogen-bond acceptors (Lipinski definition) is 3. The number of carbonyl (C=O) groups is 2. The largest absolute Gasteiger partial charge is 0.461 e. The maximum atomic E-state index is 12.5. The van der Waals surface area contributed by atoms with Crippen molar-refractivity contribution in [1.29, 1.82) is 0 Å². The number of Topliss-reactive ketones (excluding diaryl/α,β-unsaturated/α-hetero) is 1. The molecule has 2 rings (SSSR count). The van der Waals surface area contributed by atoms with Gasteiger partial charge >= 0.3 is 5.97 Å². The quantitative estimate of drug-likeness (QED) is 0.793. The molecule has 3 unspecified atom stereocenters. The molecule has 0 heterocycles. The molecule has 1 aromatic rings. The monoisotopic (exact) mass is 288 g/mol. The van der Waals surface area contributed by atoms with Crippen LogP contribution in [0.2, 0.25) is 0 Å². The van der Waals surface area contributed by atoms with Gasteiger partial charge in [-0.15, -0.1) is 0 Å². The van der Waals surface area contributed by atoms with Crippen molar-refractivity contribution in [2.75, 3.05) is 6.61 Å². The molecule has 0 aromatic heterocycles. The van der Waals surface area contributed by atoms with Crippen LogP contribution in [0.3, 0.4) is 0 Å². The van der Waals surface area contributed by atoms with E-state index in [2.05, 4.69) is 20.8 Å². The fourth-order valence-corrected chi connectivity index (χ4v) is 3.07. The summed E-state index contributed by atoms with van der Waals surface area (Å²) in [6.07, 6.45) is 1.99. The lowest BCUT2D eigenvalue weighted by molar-refractivity contribution is -0.134. The topological polar surface area (TPSA) is 43.4 Å². The Kier molecular flexibility index (Phi) is 5.16. The number of carbonyl (C=O) groups excluding carboxylic acids is 2. The van der Waals surface area contributed by atoms with Gasteiger partial charge in [-0.05, 0) is 36.8 Å². The highest BCUT2D eigenvalue weighted by Gasteiger charge is 2.37. The fourth-order valence-electron chi connectivity index (χ4n) is 3.07. The van der Waals surface area contributed by atoms with Crippen molar-refractivity contribution in [2.24, 2.45) is 23.7 Å². The molecule has 0 spiro atoms. The van der Waals surface area contributed by atoms with Crippen LogP contribution in [0.5, 0.6) is 0 Å². The highest BCUT2D eigenvalue weighted by atomic mass is 16.5. The molecule has 1 aliphatic rings. The molecule has 21 heavy (non-hydrogen) atoms. The standard InChI is InChI=1S/C18H24O3/c1-12(2)15-10-9-13(3)16(17(15)19)11-21-18(20)14-7-5-4-6-8-14/h4-8,12-13,15-16H,9-11H2,1-3H3. The van der Waals surface area contributed by atoms with Gasteiger partial charge in [-0.25, -0.2) is 4.79 Å². The van der Waals surface area contributed by atoms with Crippen LogP contribution in [0, 0.1) is 23.7 Å². The first-order valence-electron chi connectivity index (χ1n) is 7.76. The number of esters is 1. The van der Waals surface area contributed by atoms with Gasteiger partial charge in [-0.2, -0.15) is 0 Å². The van der Waals surface area contributed by atoms with Crippen LogP contribution in [0.1, 0.15) is 44.0 Å². The second-order valence-electron chi connectivity index (χ2n) is 6.38. The van der Waals surface area contributed by atoms with Crippen LogP contribution in [0.25, 0.3) is 0 Å². The van der Waals surface area contributed by atoms with Crippen molar-refractivity contribution in [3.63, 3.8) is 0 Å². The van der Waals surface area contributed by atoms with Gasteiger partial charge < -0.3 is 4.74 Å². The zero-order valence-corrected chi connectivity index (χ0v) is 13.0. The number of ketones is 1. The van der Waals surface area contributed by atoms with Crippen LogP contribution < -0.4 is 0 Å². The molecule has 0 saturated heterocycles. The van der Waals surface area contributed by atoms with E-state index in [0.29, 0.717) is 11.5 Å². The maximum Gasteiger partial charge on any atom is 0.338 e. The normalized spacial score (nSPS) is 25.9. The summed E-state index contributed by atoms with van der Waals surface area (Å²) in [6, 6.07) is 8.92. The maximum absolute atomic E-state index is 12.5. The molecule has 114 valence electrons. The van der Waals surface area contributed by atoms with Crippen molar-refractivity contribution in [3.8, 4) is 0 Å². The van der Waals surface area contributed by atoms with Crippen molar-refractivity contribution < 1.29 is 14.3 Å². The Morgan fingerprint density at radius 1 is 1.24 bits per heavy atom. The summed E-state index contributed by atoms with van der Waals surface area (Å²) in [5.41, 5.74) is 0.536. The van der Waals surface area contributed by atoms with Gasteiger partial charge in [0.15, 0.2) is 0 Å². The second kappa shape index (κ2) is 6.88. The Hall–Kier alpha value is -1.64. The average Bonchev–Trinajstić information content (AvgIpc) is 2.47. The van der Waals surface area contributed by atoms with Gasteiger partial charge in [-0.3, -0.25) is 4.79 Å². The summed E-state index contributed by atoms with van der Waals surface area (Å²) < 4.78 is 5.38. The minimum atomic E-state index is -0.345. The molecule has 0 radical (unpaired) electrons. The predicted molar refractivity (Wildman–Crippen MR) is 81.9 cm³/mol. The molecule has 1 saturated carbocycles. The van der Waals surface area contributed by atoms with E-state index in [0.717, 1.165) is 12.8 Å². The second-order valence-corrected chi connectivity index (χ2v) is 6.38. The lowest BCUT2D eigenvalue weighted by Crippen LogP contribution is -2.39.